The van der Waals surface area contributed by atoms with Crippen LogP contribution in [0.15, 0.2) is 16.6 Å². The number of benzene rings is 1. The maximum atomic E-state index is 6.08. The zero-order valence-corrected chi connectivity index (χ0v) is 11.6. The molecule has 0 saturated heterocycles. The van der Waals surface area contributed by atoms with E-state index >= 15 is 0 Å². The summed E-state index contributed by atoms with van der Waals surface area (Å²) in [6.07, 6.45) is 0. The third-order valence-corrected chi connectivity index (χ3v) is 2.86. The van der Waals surface area contributed by atoms with Gasteiger partial charge >= 0.3 is 0 Å². The van der Waals surface area contributed by atoms with Gasteiger partial charge in [-0.05, 0) is 40.5 Å². The molecule has 0 unspecified atom stereocenters. The largest absolute Gasteiger partial charge is 0.490 e. The van der Waals surface area contributed by atoms with Gasteiger partial charge in [-0.3, -0.25) is 0 Å². The van der Waals surface area contributed by atoms with Gasteiger partial charge in [-0.2, -0.15) is 0 Å². The van der Waals surface area contributed by atoms with Gasteiger partial charge in [0.2, 0.25) is 0 Å². The van der Waals surface area contributed by atoms with Crippen LogP contribution >= 0.6 is 27.5 Å². The smallest absolute Gasteiger partial charge is 0.152 e. The molecule has 1 aromatic carbocycles. The lowest BCUT2D eigenvalue weighted by Crippen LogP contribution is -2.26. The zero-order chi connectivity index (χ0) is 12.0. The minimum absolute atomic E-state index is 0.571. The second-order valence-electron chi connectivity index (χ2n) is 3.44. The Morgan fingerprint density at radius 3 is 2.81 bits per heavy atom. The summed E-state index contributed by atoms with van der Waals surface area (Å²) in [5.74, 6) is 0.696. The summed E-state index contributed by atoms with van der Waals surface area (Å²) in [5, 5.41) is 3.78. The third kappa shape index (κ3) is 4.29. The maximum absolute atomic E-state index is 6.08. The Bertz CT molecular complexity index is 324. The molecular weight excluding hydrogens is 291 g/mol. The van der Waals surface area contributed by atoms with Crippen molar-refractivity contribution in [2.45, 2.75) is 6.92 Å². The lowest BCUT2D eigenvalue weighted by molar-refractivity contribution is 0.313. The summed E-state index contributed by atoms with van der Waals surface area (Å²) >= 11 is 9.51. The topological polar surface area (TPSA) is 47.3 Å². The molecule has 1 aromatic rings. The van der Waals surface area contributed by atoms with Crippen LogP contribution in [0, 0.1) is 6.92 Å². The predicted octanol–water partition coefficient (Wildman–Crippen LogP) is 2.34. The SMILES string of the molecule is Cc1cc(Cl)c(OCCNCCN)c(Br)c1. The Morgan fingerprint density at radius 2 is 2.19 bits per heavy atom. The van der Waals surface area contributed by atoms with E-state index in [2.05, 4.69) is 21.2 Å². The molecule has 0 aliphatic rings. The maximum Gasteiger partial charge on any atom is 0.152 e. The van der Waals surface area contributed by atoms with Crippen molar-refractivity contribution < 1.29 is 4.74 Å². The van der Waals surface area contributed by atoms with E-state index in [1.807, 2.05) is 19.1 Å². The van der Waals surface area contributed by atoms with Crippen LogP contribution in [0.1, 0.15) is 5.56 Å². The van der Waals surface area contributed by atoms with E-state index in [4.69, 9.17) is 22.1 Å². The van der Waals surface area contributed by atoms with E-state index in [9.17, 15) is 0 Å². The molecule has 0 fully saturated rings. The second kappa shape index (κ2) is 7.12. The van der Waals surface area contributed by atoms with Crippen LogP contribution in [0.4, 0.5) is 0 Å². The highest BCUT2D eigenvalue weighted by molar-refractivity contribution is 9.10. The van der Waals surface area contributed by atoms with Crippen LogP contribution < -0.4 is 15.8 Å². The fourth-order valence-electron chi connectivity index (χ4n) is 1.28. The van der Waals surface area contributed by atoms with Gasteiger partial charge in [0.25, 0.3) is 0 Å². The van der Waals surface area contributed by atoms with Crippen molar-refractivity contribution in [1.29, 1.82) is 0 Å². The highest BCUT2D eigenvalue weighted by Crippen LogP contribution is 2.34. The van der Waals surface area contributed by atoms with Crippen LogP contribution in [0.5, 0.6) is 5.75 Å². The van der Waals surface area contributed by atoms with E-state index in [1.165, 1.54) is 0 Å². The van der Waals surface area contributed by atoms with Gasteiger partial charge in [-0.15, -0.1) is 0 Å². The first kappa shape index (κ1) is 13.8. The minimum atomic E-state index is 0.571. The number of hydrogen-bond donors (Lipinski definition) is 2. The normalized spacial score (nSPS) is 10.5. The Balaban J connectivity index is 2.47. The van der Waals surface area contributed by atoms with E-state index in [0.29, 0.717) is 23.9 Å². The Kier molecular flexibility index (Phi) is 6.13. The van der Waals surface area contributed by atoms with Crippen LogP contribution in [0.25, 0.3) is 0 Å². The third-order valence-electron chi connectivity index (χ3n) is 1.99. The number of nitrogens with two attached hydrogens (primary N) is 1. The molecule has 0 aliphatic heterocycles. The summed E-state index contributed by atoms with van der Waals surface area (Å²) in [4.78, 5) is 0. The van der Waals surface area contributed by atoms with Gasteiger partial charge in [0.05, 0.1) is 9.50 Å². The number of nitrogens with one attached hydrogen (secondary N) is 1. The summed E-state index contributed by atoms with van der Waals surface area (Å²) in [6, 6.07) is 3.86. The minimum Gasteiger partial charge on any atom is -0.490 e. The van der Waals surface area contributed by atoms with Gasteiger partial charge in [0, 0.05) is 19.6 Å². The molecule has 3 N–H and O–H groups in total. The number of aryl methyl sites for hydroxylation is 1. The first-order valence-electron chi connectivity index (χ1n) is 5.14. The highest BCUT2D eigenvalue weighted by atomic mass is 79.9. The molecule has 0 aliphatic carbocycles. The molecule has 0 bridgehead atoms. The molecule has 3 nitrogen and oxygen atoms in total. The van der Waals surface area contributed by atoms with Gasteiger partial charge in [0.15, 0.2) is 5.75 Å². The van der Waals surface area contributed by atoms with E-state index < -0.39 is 0 Å². The summed E-state index contributed by atoms with van der Waals surface area (Å²) in [5.41, 5.74) is 6.46. The Morgan fingerprint density at radius 1 is 1.44 bits per heavy atom. The molecule has 0 radical (unpaired) electrons. The lowest BCUT2D eigenvalue weighted by atomic mass is 10.2. The first-order valence-corrected chi connectivity index (χ1v) is 6.31. The Labute approximate surface area is 109 Å². The molecule has 0 saturated carbocycles. The number of ether oxygens (including phenoxy) is 1. The monoisotopic (exact) mass is 306 g/mol. The summed E-state index contributed by atoms with van der Waals surface area (Å²) in [6.45, 7) is 4.75. The molecule has 5 heteroatoms. The average Bonchev–Trinajstić information content (AvgIpc) is 2.20. The standard InChI is InChI=1S/C11H16BrClN2O/c1-8-6-9(12)11(10(13)7-8)16-5-4-15-3-2-14/h6-7,15H,2-5,14H2,1H3. The zero-order valence-electron chi connectivity index (χ0n) is 9.22. The predicted molar refractivity (Wildman–Crippen MR) is 71.3 cm³/mol. The van der Waals surface area contributed by atoms with Crippen molar-refractivity contribution in [1.82, 2.24) is 5.32 Å². The van der Waals surface area contributed by atoms with E-state index in [1.54, 1.807) is 0 Å². The fourth-order valence-corrected chi connectivity index (χ4v) is 2.41. The van der Waals surface area contributed by atoms with Crippen molar-refractivity contribution in [3.05, 3.63) is 27.2 Å². The summed E-state index contributed by atoms with van der Waals surface area (Å²) < 4.78 is 6.47. The van der Waals surface area contributed by atoms with Crippen molar-refractivity contribution >= 4 is 27.5 Å². The van der Waals surface area contributed by atoms with Gasteiger partial charge < -0.3 is 15.8 Å². The molecule has 1 rings (SSSR count). The van der Waals surface area contributed by atoms with Gasteiger partial charge in [0.1, 0.15) is 6.61 Å². The first-order chi connectivity index (χ1) is 7.65. The lowest BCUT2D eigenvalue weighted by Gasteiger charge is -2.11. The van der Waals surface area contributed by atoms with Crippen molar-refractivity contribution in [3.8, 4) is 5.75 Å². The van der Waals surface area contributed by atoms with Gasteiger partial charge in [-0.25, -0.2) is 0 Å². The van der Waals surface area contributed by atoms with Crippen LogP contribution in [-0.2, 0) is 0 Å². The number of halogens is 2. The molecule has 0 amide bonds. The van der Waals surface area contributed by atoms with Gasteiger partial charge in [-0.1, -0.05) is 11.6 Å². The second-order valence-corrected chi connectivity index (χ2v) is 4.71. The molecular formula is C11H16BrClN2O. The summed E-state index contributed by atoms with van der Waals surface area (Å²) in [7, 11) is 0. The molecule has 90 valence electrons. The molecule has 0 spiro atoms. The highest BCUT2D eigenvalue weighted by Gasteiger charge is 2.07. The van der Waals surface area contributed by atoms with Crippen molar-refractivity contribution in [2.24, 2.45) is 5.73 Å². The fraction of sp³-hybridized carbons (Fsp3) is 0.455. The van der Waals surface area contributed by atoms with Crippen molar-refractivity contribution in [2.75, 3.05) is 26.2 Å². The quantitative estimate of drug-likeness (QED) is 0.793. The Hall–Kier alpha value is -0.290. The van der Waals surface area contributed by atoms with Crippen LogP contribution in [0.2, 0.25) is 5.02 Å². The molecule has 0 heterocycles. The van der Waals surface area contributed by atoms with E-state index in [0.717, 1.165) is 23.1 Å². The molecule has 0 atom stereocenters. The molecule has 16 heavy (non-hydrogen) atoms. The van der Waals surface area contributed by atoms with Crippen molar-refractivity contribution in [3.63, 3.8) is 0 Å². The number of hydrogen-bond acceptors (Lipinski definition) is 3. The van der Waals surface area contributed by atoms with E-state index in [-0.39, 0.29) is 0 Å². The number of rotatable bonds is 6. The molecule has 0 aromatic heterocycles. The average molecular weight is 308 g/mol. The van der Waals surface area contributed by atoms with Crippen LogP contribution in [-0.4, -0.2) is 26.2 Å². The van der Waals surface area contributed by atoms with Crippen LogP contribution in [0.3, 0.4) is 0 Å².